The zero-order valence-electron chi connectivity index (χ0n) is 14.0. The first kappa shape index (κ1) is 15.2. The number of likely N-dealkylation sites (tertiary alicyclic amines) is 2. The van der Waals surface area contributed by atoms with Crippen LogP contribution in [0.15, 0.2) is 10.6 Å². The highest BCUT2D eigenvalue weighted by Gasteiger charge is 2.41. The number of rotatable bonds is 3. The van der Waals surface area contributed by atoms with E-state index in [1.165, 1.54) is 32.1 Å². The fourth-order valence-corrected chi connectivity index (χ4v) is 4.63. The number of carbonyl (C=O) groups excluding carboxylic acids is 1. The van der Waals surface area contributed by atoms with Gasteiger partial charge in [0, 0.05) is 38.7 Å². The average Bonchev–Trinajstić information content (AvgIpc) is 3.19. The number of hydrogen-bond donors (Lipinski definition) is 0. The minimum atomic E-state index is 0.189. The van der Waals surface area contributed by atoms with Gasteiger partial charge in [-0.2, -0.15) is 0 Å². The van der Waals surface area contributed by atoms with Crippen molar-refractivity contribution in [2.24, 2.45) is 11.8 Å². The SMILES string of the molecule is CN1CC[C@@H]2CN(Cc3cc(C4CCCCC4)no3)C[C@@H]2C1=O. The first-order chi connectivity index (χ1) is 11.2. The monoisotopic (exact) mass is 317 g/mol. The summed E-state index contributed by atoms with van der Waals surface area (Å²) >= 11 is 0. The van der Waals surface area contributed by atoms with Crippen LogP contribution in [0.1, 0.15) is 55.9 Å². The van der Waals surface area contributed by atoms with Gasteiger partial charge in [0.05, 0.1) is 18.2 Å². The van der Waals surface area contributed by atoms with Crippen molar-refractivity contribution in [3.05, 3.63) is 17.5 Å². The maximum atomic E-state index is 12.3. The second-order valence-corrected chi connectivity index (χ2v) is 7.66. The second-order valence-electron chi connectivity index (χ2n) is 7.66. The molecule has 5 heteroatoms. The first-order valence-corrected chi connectivity index (χ1v) is 9.13. The van der Waals surface area contributed by atoms with Crippen LogP contribution in [-0.2, 0) is 11.3 Å². The van der Waals surface area contributed by atoms with Crippen molar-refractivity contribution in [2.45, 2.75) is 51.0 Å². The maximum absolute atomic E-state index is 12.3. The Morgan fingerprint density at radius 1 is 1.22 bits per heavy atom. The van der Waals surface area contributed by atoms with Crippen LogP contribution < -0.4 is 0 Å². The zero-order valence-corrected chi connectivity index (χ0v) is 14.0. The Morgan fingerprint density at radius 3 is 2.87 bits per heavy atom. The van der Waals surface area contributed by atoms with E-state index in [0.29, 0.717) is 17.7 Å². The van der Waals surface area contributed by atoms with Crippen LogP contribution in [0.5, 0.6) is 0 Å². The zero-order chi connectivity index (χ0) is 15.8. The van der Waals surface area contributed by atoms with Crippen LogP contribution >= 0.6 is 0 Å². The predicted octanol–water partition coefficient (Wildman–Crippen LogP) is 2.63. The van der Waals surface area contributed by atoms with Crippen molar-refractivity contribution >= 4 is 5.91 Å². The van der Waals surface area contributed by atoms with E-state index in [0.717, 1.165) is 44.1 Å². The third-order valence-corrected chi connectivity index (χ3v) is 6.03. The van der Waals surface area contributed by atoms with E-state index in [9.17, 15) is 4.79 Å². The van der Waals surface area contributed by atoms with E-state index in [-0.39, 0.29) is 5.92 Å². The van der Waals surface area contributed by atoms with Crippen LogP contribution in [0.3, 0.4) is 0 Å². The van der Waals surface area contributed by atoms with Crippen molar-refractivity contribution in [3.8, 4) is 0 Å². The second kappa shape index (κ2) is 6.27. The van der Waals surface area contributed by atoms with Gasteiger partial charge in [-0.15, -0.1) is 0 Å². The Bertz CT molecular complexity index is 564. The van der Waals surface area contributed by atoms with Crippen molar-refractivity contribution < 1.29 is 9.32 Å². The Labute approximate surface area is 138 Å². The summed E-state index contributed by atoms with van der Waals surface area (Å²) in [5, 5.41) is 4.32. The van der Waals surface area contributed by atoms with Gasteiger partial charge in [0.15, 0.2) is 5.76 Å². The summed E-state index contributed by atoms with van der Waals surface area (Å²) in [5.41, 5.74) is 1.15. The van der Waals surface area contributed by atoms with E-state index in [1.807, 2.05) is 11.9 Å². The van der Waals surface area contributed by atoms with Gasteiger partial charge in [0.25, 0.3) is 0 Å². The number of nitrogens with zero attached hydrogens (tertiary/aromatic N) is 3. The fourth-order valence-electron chi connectivity index (χ4n) is 4.63. The fraction of sp³-hybridized carbons (Fsp3) is 0.778. The molecule has 2 atom stereocenters. The van der Waals surface area contributed by atoms with Gasteiger partial charge in [-0.25, -0.2) is 0 Å². The minimum Gasteiger partial charge on any atom is -0.360 e. The third-order valence-electron chi connectivity index (χ3n) is 6.03. The summed E-state index contributed by atoms with van der Waals surface area (Å²) in [6, 6.07) is 2.16. The van der Waals surface area contributed by atoms with E-state index in [2.05, 4.69) is 16.1 Å². The number of carbonyl (C=O) groups is 1. The molecule has 3 aliphatic rings. The lowest BCUT2D eigenvalue weighted by atomic mass is 9.87. The minimum absolute atomic E-state index is 0.189. The van der Waals surface area contributed by atoms with Gasteiger partial charge in [0.2, 0.25) is 5.91 Å². The largest absolute Gasteiger partial charge is 0.360 e. The number of hydrogen-bond acceptors (Lipinski definition) is 4. The molecule has 3 fully saturated rings. The lowest BCUT2D eigenvalue weighted by molar-refractivity contribution is -0.137. The topological polar surface area (TPSA) is 49.6 Å². The standard InChI is InChI=1S/C18H27N3O2/c1-20-8-7-14-10-21(12-16(14)18(20)22)11-15-9-17(19-23-15)13-5-3-2-4-6-13/h9,13-14,16H,2-8,10-12H2,1H3/t14-,16+/m1/s1. The van der Waals surface area contributed by atoms with Gasteiger partial charge in [0.1, 0.15) is 0 Å². The van der Waals surface area contributed by atoms with Crippen LogP contribution in [-0.4, -0.2) is 47.5 Å². The van der Waals surface area contributed by atoms with Crippen LogP contribution in [0.25, 0.3) is 0 Å². The average molecular weight is 317 g/mol. The van der Waals surface area contributed by atoms with Crippen molar-refractivity contribution in [1.82, 2.24) is 15.0 Å². The van der Waals surface area contributed by atoms with E-state index < -0.39 is 0 Å². The molecule has 0 bridgehead atoms. The van der Waals surface area contributed by atoms with Crippen molar-refractivity contribution in [2.75, 3.05) is 26.7 Å². The van der Waals surface area contributed by atoms with E-state index >= 15 is 0 Å². The summed E-state index contributed by atoms with van der Waals surface area (Å²) in [7, 11) is 1.92. The van der Waals surface area contributed by atoms with Crippen LogP contribution in [0, 0.1) is 11.8 Å². The summed E-state index contributed by atoms with van der Waals surface area (Å²) < 4.78 is 5.59. The predicted molar refractivity (Wildman–Crippen MR) is 86.8 cm³/mol. The number of amides is 1. The number of fused-ring (bicyclic) bond motifs is 1. The van der Waals surface area contributed by atoms with Crippen LogP contribution in [0.4, 0.5) is 0 Å². The molecule has 0 unspecified atom stereocenters. The Kier molecular flexibility index (Phi) is 4.14. The van der Waals surface area contributed by atoms with Gasteiger partial charge in [-0.1, -0.05) is 24.4 Å². The molecule has 2 saturated heterocycles. The molecule has 0 aromatic carbocycles. The Hall–Kier alpha value is -1.36. The summed E-state index contributed by atoms with van der Waals surface area (Å²) in [6.07, 6.45) is 7.63. The highest BCUT2D eigenvalue weighted by atomic mass is 16.5. The Balaban J connectivity index is 1.37. The third kappa shape index (κ3) is 3.03. The molecule has 3 heterocycles. The van der Waals surface area contributed by atoms with Crippen LogP contribution in [0.2, 0.25) is 0 Å². The molecule has 0 N–H and O–H groups in total. The van der Waals surface area contributed by atoms with Gasteiger partial charge >= 0.3 is 0 Å². The van der Waals surface area contributed by atoms with Crippen molar-refractivity contribution in [1.29, 1.82) is 0 Å². The maximum Gasteiger partial charge on any atom is 0.227 e. The molecule has 4 rings (SSSR count). The quantitative estimate of drug-likeness (QED) is 0.860. The number of piperidine rings is 1. The highest BCUT2D eigenvalue weighted by molar-refractivity contribution is 5.80. The molecule has 126 valence electrons. The molecule has 5 nitrogen and oxygen atoms in total. The smallest absolute Gasteiger partial charge is 0.227 e. The number of aromatic nitrogens is 1. The molecule has 1 aromatic rings. The summed E-state index contributed by atoms with van der Waals surface area (Å²) in [5.74, 6) is 2.60. The molecule has 1 saturated carbocycles. The Morgan fingerprint density at radius 2 is 2.04 bits per heavy atom. The summed E-state index contributed by atoms with van der Waals surface area (Å²) in [4.78, 5) is 16.5. The van der Waals surface area contributed by atoms with Gasteiger partial charge in [-0.05, 0) is 25.2 Å². The molecule has 1 aliphatic carbocycles. The van der Waals surface area contributed by atoms with Gasteiger partial charge in [-0.3, -0.25) is 9.69 Å². The molecule has 0 radical (unpaired) electrons. The molecule has 2 aliphatic heterocycles. The molecular weight excluding hydrogens is 290 g/mol. The summed E-state index contributed by atoms with van der Waals surface area (Å²) in [6.45, 7) is 3.59. The molecule has 1 amide bonds. The van der Waals surface area contributed by atoms with Crippen molar-refractivity contribution in [3.63, 3.8) is 0 Å². The normalized spacial score (nSPS) is 30.0. The molecular formula is C18H27N3O2. The lowest BCUT2D eigenvalue weighted by Gasteiger charge is -2.30. The van der Waals surface area contributed by atoms with E-state index in [4.69, 9.17) is 4.52 Å². The molecule has 1 aromatic heterocycles. The molecule has 0 spiro atoms. The van der Waals surface area contributed by atoms with Gasteiger partial charge < -0.3 is 9.42 Å². The highest BCUT2D eigenvalue weighted by Crippen LogP contribution is 2.34. The first-order valence-electron chi connectivity index (χ1n) is 9.13. The molecule has 23 heavy (non-hydrogen) atoms. The van der Waals surface area contributed by atoms with E-state index in [1.54, 1.807) is 0 Å². The lowest BCUT2D eigenvalue weighted by Crippen LogP contribution is -2.42.